The molecule has 6 heteroatoms. The van der Waals surface area contributed by atoms with Crippen molar-refractivity contribution in [1.82, 2.24) is 21.5 Å². The number of fused-ring (bicyclic) bond motifs is 2. The number of rotatable bonds is 2. The fraction of sp³-hybridized carbons (Fsp3) is 0.611. The SMILES string of the molecule is CC1(C)CC(NC(=O)C2NNC3CCNCC32)c2ccccc21.Cl. The number of halogens is 1. The Bertz CT molecular complexity index is 621. The fourth-order valence-electron chi connectivity index (χ4n) is 4.51. The van der Waals surface area contributed by atoms with Crippen molar-refractivity contribution in [3.8, 4) is 0 Å². The average Bonchev–Trinajstić information content (AvgIpc) is 3.08. The van der Waals surface area contributed by atoms with E-state index < -0.39 is 0 Å². The van der Waals surface area contributed by atoms with Gasteiger partial charge in [-0.05, 0) is 35.9 Å². The van der Waals surface area contributed by atoms with Gasteiger partial charge >= 0.3 is 0 Å². The maximum Gasteiger partial charge on any atom is 0.239 e. The summed E-state index contributed by atoms with van der Waals surface area (Å²) in [6, 6.07) is 8.87. The highest BCUT2D eigenvalue weighted by atomic mass is 35.5. The molecule has 0 radical (unpaired) electrons. The van der Waals surface area contributed by atoms with Crippen LogP contribution in [0.1, 0.15) is 43.9 Å². The number of hydrogen-bond acceptors (Lipinski definition) is 4. The van der Waals surface area contributed by atoms with E-state index in [0.29, 0.717) is 12.0 Å². The molecule has 3 aliphatic rings. The molecule has 4 unspecified atom stereocenters. The van der Waals surface area contributed by atoms with Crippen LogP contribution >= 0.6 is 12.4 Å². The number of carbonyl (C=O) groups is 1. The summed E-state index contributed by atoms with van der Waals surface area (Å²) in [5.74, 6) is 0.444. The number of hydrazine groups is 1. The van der Waals surface area contributed by atoms with E-state index in [9.17, 15) is 4.79 Å². The summed E-state index contributed by atoms with van der Waals surface area (Å²) < 4.78 is 0. The Labute approximate surface area is 149 Å². The molecule has 2 aliphatic heterocycles. The van der Waals surface area contributed by atoms with Gasteiger partial charge in [-0.15, -0.1) is 12.4 Å². The third kappa shape index (κ3) is 2.94. The molecule has 132 valence electrons. The molecule has 4 atom stereocenters. The molecule has 5 nitrogen and oxygen atoms in total. The molecule has 1 aromatic rings. The van der Waals surface area contributed by atoms with Crippen molar-refractivity contribution >= 4 is 18.3 Å². The van der Waals surface area contributed by atoms with E-state index in [1.54, 1.807) is 0 Å². The highest BCUT2D eigenvalue weighted by molar-refractivity contribution is 5.85. The van der Waals surface area contributed by atoms with Gasteiger partial charge in [0, 0.05) is 18.5 Å². The van der Waals surface area contributed by atoms with Crippen LogP contribution in [0.4, 0.5) is 0 Å². The van der Waals surface area contributed by atoms with Crippen LogP contribution in [0.25, 0.3) is 0 Å². The molecule has 1 aromatic carbocycles. The maximum absolute atomic E-state index is 12.8. The van der Waals surface area contributed by atoms with Crippen LogP contribution in [0.5, 0.6) is 0 Å². The molecule has 4 rings (SSSR count). The molecule has 0 aromatic heterocycles. The first-order chi connectivity index (χ1) is 11.1. The van der Waals surface area contributed by atoms with Crippen molar-refractivity contribution in [2.24, 2.45) is 5.92 Å². The highest BCUT2D eigenvalue weighted by Gasteiger charge is 2.43. The quantitative estimate of drug-likeness (QED) is 0.651. The summed E-state index contributed by atoms with van der Waals surface area (Å²) in [4.78, 5) is 12.8. The Morgan fingerprint density at radius 2 is 2.04 bits per heavy atom. The topological polar surface area (TPSA) is 65.2 Å². The highest BCUT2D eigenvalue weighted by Crippen LogP contribution is 2.44. The second kappa shape index (κ2) is 6.64. The van der Waals surface area contributed by atoms with Crippen molar-refractivity contribution < 1.29 is 4.79 Å². The van der Waals surface area contributed by atoms with Gasteiger partial charge in [0.15, 0.2) is 0 Å². The maximum atomic E-state index is 12.8. The van der Waals surface area contributed by atoms with E-state index in [2.05, 4.69) is 59.6 Å². The molecule has 4 N–H and O–H groups in total. The predicted octanol–water partition coefficient (Wildman–Crippen LogP) is 1.40. The van der Waals surface area contributed by atoms with Crippen LogP contribution in [-0.2, 0) is 10.2 Å². The minimum Gasteiger partial charge on any atom is -0.348 e. The van der Waals surface area contributed by atoms with E-state index in [1.165, 1.54) is 11.1 Å². The van der Waals surface area contributed by atoms with Crippen LogP contribution < -0.4 is 21.5 Å². The lowest BCUT2D eigenvalue weighted by molar-refractivity contribution is -0.124. The summed E-state index contributed by atoms with van der Waals surface area (Å²) in [5.41, 5.74) is 9.26. The second-order valence-corrected chi connectivity index (χ2v) is 7.77. The normalized spacial score (nSPS) is 33.2. The molecule has 0 saturated carbocycles. The Kier molecular flexibility index (Phi) is 4.89. The van der Waals surface area contributed by atoms with Gasteiger partial charge in [0.05, 0.1) is 6.04 Å². The Hall–Kier alpha value is -1.14. The third-order valence-corrected chi connectivity index (χ3v) is 5.76. The van der Waals surface area contributed by atoms with E-state index in [-0.39, 0.29) is 35.8 Å². The van der Waals surface area contributed by atoms with Gasteiger partial charge in [-0.2, -0.15) is 0 Å². The average molecular weight is 351 g/mol. The summed E-state index contributed by atoms with van der Waals surface area (Å²) >= 11 is 0. The fourth-order valence-corrected chi connectivity index (χ4v) is 4.51. The zero-order valence-corrected chi connectivity index (χ0v) is 15.1. The van der Waals surface area contributed by atoms with Crippen LogP contribution in [0.3, 0.4) is 0 Å². The number of nitrogens with one attached hydrogen (secondary N) is 4. The molecule has 1 aliphatic carbocycles. The molecule has 1 amide bonds. The van der Waals surface area contributed by atoms with Gasteiger partial charge in [0.1, 0.15) is 6.04 Å². The minimum absolute atomic E-state index is 0. The summed E-state index contributed by atoms with van der Waals surface area (Å²) in [6.07, 6.45) is 2.03. The monoisotopic (exact) mass is 350 g/mol. The first-order valence-corrected chi connectivity index (χ1v) is 8.68. The zero-order chi connectivity index (χ0) is 16.0. The van der Waals surface area contributed by atoms with Crippen LogP contribution in [0.15, 0.2) is 24.3 Å². The van der Waals surface area contributed by atoms with Crippen LogP contribution in [0, 0.1) is 5.92 Å². The number of benzene rings is 1. The predicted molar refractivity (Wildman–Crippen MR) is 97.0 cm³/mol. The van der Waals surface area contributed by atoms with Crippen molar-refractivity contribution in [2.75, 3.05) is 13.1 Å². The Morgan fingerprint density at radius 3 is 2.88 bits per heavy atom. The first kappa shape index (κ1) is 17.7. The molecule has 2 saturated heterocycles. The van der Waals surface area contributed by atoms with Gasteiger partial charge in [0.2, 0.25) is 5.91 Å². The third-order valence-electron chi connectivity index (χ3n) is 5.76. The molecular formula is C18H27ClN4O. The van der Waals surface area contributed by atoms with E-state index in [1.807, 2.05) is 0 Å². The first-order valence-electron chi connectivity index (χ1n) is 8.68. The van der Waals surface area contributed by atoms with Gasteiger partial charge in [-0.3, -0.25) is 10.2 Å². The van der Waals surface area contributed by atoms with E-state index in [0.717, 1.165) is 25.9 Å². The number of carbonyl (C=O) groups excluding carboxylic acids is 1. The summed E-state index contributed by atoms with van der Waals surface area (Å²) in [6.45, 7) is 6.44. The molecule has 0 spiro atoms. The van der Waals surface area contributed by atoms with Crippen LogP contribution in [0.2, 0.25) is 0 Å². The lowest BCUT2D eigenvalue weighted by Gasteiger charge is -2.28. The van der Waals surface area contributed by atoms with Gasteiger partial charge in [-0.25, -0.2) is 5.43 Å². The zero-order valence-electron chi connectivity index (χ0n) is 14.3. The molecule has 2 fully saturated rings. The van der Waals surface area contributed by atoms with Crippen molar-refractivity contribution in [2.45, 2.75) is 50.2 Å². The lowest BCUT2D eigenvalue weighted by Crippen LogP contribution is -2.49. The van der Waals surface area contributed by atoms with Crippen molar-refractivity contribution in [1.29, 1.82) is 0 Å². The van der Waals surface area contributed by atoms with Gasteiger partial charge in [0.25, 0.3) is 0 Å². The summed E-state index contributed by atoms with van der Waals surface area (Å²) in [5, 5.41) is 6.70. The number of amides is 1. The van der Waals surface area contributed by atoms with Gasteiger partial charge < -0.3 is 10.6 Å². The Morgan fingerprint density at radius 1 is 1.25 bits per heavy atom. The van der Waals surface area contributed by atoms with Crippen molar-refractivity contribution in [3.63, 3.8) is 0 Å². The van der Waals surface area contributed by atoms with E-state index in [4.69, 9.17) is 0 Å². The van der Waals surface area contributed by atoms with E-state index >= 15 is 0 Å². The second-order valence-electron chi connectivity index (χ2n) is 7.77. The lowest BCUT2D eigenvalue weighted by atomic mass is 9.86. The largest absolute Gasteiger partial charge is 0.348 e. The summed E-state index contributed by atoms with van der Waals surface area (Å²) in [7, 11) is 0. The smallest absolute Gasteiger partial charge is 0.239 e. The number of piperidine rings is 1. The Balaban J connectivity index is 0.00000169. The standard InChI is InChI=1S/C18H26N4O.ClH/c1-18(2)9-15(11-5-3-4-6-13(11)18)20-17(23)16-12-10-19-8-7-14(12)21-22-16;/h3-6,12,14-16,19,21-22H,7-10H2,1-2H3,(H,20,23);1H. The molecule has 0 bridgehead atoms. The number of hydrogen-bond donors (Lipinski definition) is 4. The molecule has 24 heavy (non-hydrogen) atoms. The van der Waals surface area contributed by atoms with Crippen molar-refractivity contribution in [3.05, 3.63) is 35.4 Å². The molecular weight excluding hydrogens is 324 g/mol. The van der Waals surface area contributed by atoms with Gasteiger partial charge in [-0.1, -0.05) is 38.1 Å². The molecule has 2 heterocycles. The minimum atomic E-state index is -0.149. The van der Waals surface area contributed by atoms with Crippen LogP contribution in [-0.4, -0.2) is 31.1 Å².